The van der Waals surface area contributed by atoms with Crippen LogP contribution in [-0.4, -0.2) is 16.3 Å². The Bertz CT molecular complexity index is 642. The van der Waals surface area contributed by atoms with Crippen molar-refractivity contribution in [2.45, 2.75) is 26.3 Å². The van der Waals surface area contributed by atoms with Gasteiger partial charge in [0.2, 0.25) is 0 Å². The minimum absolute atomic E-state index is 0.143. The molecule has 0 aliphatic rings. The summed E-state index contributed by atoms with van der Waals surface area (Å²) in [5.41, 5.74) is 2.33. The van der Waals surface area contributed by atoms with Gasteiger partial charge in [-0.3, -0.25) is 4.68 Å². The molecule has 1 unspecified atom stereocenters. The minimum Gasteiger partial charge on any atom is -0.310 e. The Kier molecular flexibility index (Phi) is 5.41. The number of aromatic nitrogens is 2. The lowest BCUT2D eigenvalue weighted by atomic mass is 10.0. The Balaban J connectivity index is 2.35. The summed E-state index contributed by atoms with van der Waals surface area (Å²) in [5.74, 6) is -0.231. The van der Waals surface area contributed by atoms with E-state index < -0.39 is 0 Å². The third-order valence-electron chi connectivity index (χ3n) is 3.45. The van der Waals surface area contributed by atoms with Gasteiger partial charge in [-0.05, 0) is 25.6 Å². The second kappa shape index (κ2) is 6.90. The van der Waals surface area contributed by atoms with Crippen LogP contribution >= 0.6 is 27.5 Å². The number of halogens is 3. The van der Waals surface area contributed by atoms with Gasteiger partial charge in [-0.2, -0.15) is 5.10 Å². The van der Waals surface area contributed by atoms with Crippen LogP contribution in [0.2, 0.25) is 5.02 Å². The normalized spacial score (nSPS) is 12.7. The predicted octanol–water partition coefficient (Wildman–Crippen LogP) is 4.18. The third-order valence-corrected chi connectivity index (χ3v) is 4.43. The highest BCUT2D eigenvalue weighted by Crippen LogP contribution is 2.28. The second-order valence-corrected chi connectivity index (χ2v) is 6.24. The molecule has 0 aliphatic heterocycles. The molecule has 0 amide bonds. The first-order valence-electron chi connectivity index (χ1n) is 6.80. The van der Waals surface area contributed by atoms with Crippen LogP contribution in [0.15, 0.2) is 22.7 Å². The van der Waals surface area contributed by atoms with Crippen molar-refractivity contribution < 1.29 is 4.39 Å². The maximum atomic E-state index is 14.2. The van der Waals surface area contributed by atoms with Crippen LogP contribution in [-0.2, 0) is 13.5 Å². The summed E-state index contributed by atoms with van der Waals surface area (Å²) in [7, 11) is 1.86. The van der Waals surface area contributed by atoms with Crippen LogP contribution in [0.5, 0.6) is 0 Å². The van der Waals surface area contributed by atoms with Gasteiger partial charge in [0.25, 0.3) is 0 Å². The van der Waals surface area contributed by atoms with Gasteiger partial charge in [0.1, 0.15) is 5.82 Å². The van der Waals surface area contributed by atoms with Gasteiger partial charge >= 0.3 is 0 Å². The van der Waals surface area contributed by atoms with Gasteiger partial charge < -0.3 is 5.32 Å². The van der Waals surface area contributed by atoms with E-state index >= 15 is 0 Å². The first-order valence-corrected chi connectivity index (χ1v) is 7.97. The Labute approximate surface area is 137 Å². The van der Waals surface area contributed by atoms with Gasteiger partial charge in [-0.25, -0.2) is 4.39 Å². The highest BCUT2D eigenvalue weighted by molar-refractivity contribution is 9.10. The average Bonchev–Trinajstić information content (AvgIpc) is 2.65. The van der Waals surface area contributed by atoms with Crippen molar-refractivity contribution in [1.29, 1.82) is 0 Å². The van der Waals surface area contributed by atoms with E-state index in [2.05, 4.69) is 26.3 Å². The fraction of sp³-hybridized carbons (Fsp3) is 0.400. The number of hydrogen-bond donors (Lipinski definition) is 1. The number of likely N-dealkylation sites (N-methyl/N-ethyl adjacent to an activating group) is 1. The molecule has 2 rings (SSSR count). The molecule has 0 saturated heterocycles. The van der Waals surface area contributed by atoms with Crippen molar-refractivity contribution >= 4 is 27.5 Å². The van der Waals surface area contributed by atoms with Gasteiger partial charge in [0.05, 0.1) is 16.4 Å². The van der Waals surface area contributed by atoms with Crippen LogP contribution < -0.4 is 5.32 Å². The molecule has 114 valence electrons. The molecule has 21 heavy (non-hydrogen) atoms. The second-order valence-electron chi connectivity index (χ2n) is 4.95. The molecule has 2 aromatic rings. The van der Waals surface area contributed by atoms with Crippen LogP contribution in [0.3, 0.4) is 0 Å². The summed E-state index contributed by atoms with van der Waals surface area (Å²) >= 11 is 9.58. The van der Waals surface area contributed by atoms with Crippen molar-refractivity contribution in [2.75, 3.05) is 6.54 Å². The average molecular weight is 375 g/mol. The van der Waals surface area contributed by atoms with E-state index in [1.165, 1.54) is 6.07 Å². The molecule has 1 heterocycles. The molecule has 0 spiro atoms. The van der Waals surface area contributed by atoms with Crippen molar-refractivity contribution in [3.05, 3.63) is 50.5 Å². The number of hydrogen-bond acceptors (Lipinski definition) is 2. The molecule has 1 N–H and O–H groups in total. The summed E-state index contributed by atoms with van der Waals surface area (Å²) in [6, 6.07) is 4.98. The molecular formula is C15H18BrClFN3. The molecule has 0 fully saturated rings. The zero-order valence-corrected chi connectivity index (χ0v) is 14.6. The maximum absolute atomic E-state index is 14.2. The van der Waals surface area contributed by atoms with Gasteiger partial charge in [0.15, 0.2) is 0 Å². The van der Waals surface area contributed by atoms with E-state index in [1.54, 1.807) is 10.7 Å². The van der Waals surface area contributed by atoms with E-state index in [4.69, 9.17) is 11.6 Å². The van der Waals surface area contributed by atoms with Crippen molar-refractivity contribution in [1.82, 2.24) is 15.1 Å². The number of rotatable bonds is 5. The molecule has 0 aliphatic carbocycles. The number of benzene rings is 1. The number of nitrogens with zero attached hydrogens (tertiary/aromatic N) is 2. The van der Waals surface area contributed by atoms with Crippen LogP contribution in [0, 0.1) is 12.7 Å². The maximum Gasteiger partial charge on any atom is 0.129 e. The monoisotopic (exact) mass is 373 g/mol. The Morgan fingerprint density at radius 3 is 2.71 bits per heavy atom. The highest BCUT2D eigenvalue weighted by atomic mass is 79.9. The zero-order chi connectivity index (χ0) is 15.6. The Morgan fingerprint density at radius 2 is 2.19 bits per heavy atom. The van der Waals surface area contributed by atoms with Gasteiger partial charge in [-0.15, -0.1) is 0 Å². The highest BCUT2D eigenvalue weighted by Gasteiger charge is 2.20. The van der Waals surface area contributed by atoms with Crippen LogP contribution in [0.4, 0.5) is 4.39 Å². The topological polar surface area (TPSA) is 29.9 Å². The van der Waals surface area contributed by atoms with Gasteiger partial charge in [-0.1, -0.05) is 40.5 Å². The van der Waals surface area contributed by atoms with E-state index in [-0.39, 0.29) is 11.9 Å². The van der Waals surface area contributed by atoms with Crippen LogP contribution in [0.1, 0.15) is 29.9 Å². The first kappa shape index (κ1) is 16.5. The van der Waals surface area contributed by atoms with Crippen molar-refractivity contribution in [2.24, 2.45) is 7.05 Å². The van der Waals surface area contributed by atoms with E-state index in [9.17, 15) is 4.39 Å². The van der Waals surface area contributed by atoms with E-state index in [0.717, 1.165) is 22.4 Å². The van der Waals surface area contributed by atoms with E-state index in [1.807, 2.05) is 27.0 Å². The SMILES string of the molecule is CCNC(Cc1c(Cl)c(C)nn1C)c1ccc(Br)cc1F. The fourth-order valence-electron chi connectivity index (χ4n) is 2.42. The predicted molar refractivity (Wildman–Crippen MR) is 87.2 cm³/mol. The Hall–Kier alpha value is -0.910. The van der Waals surface area contributed by atoms with Crippen molar-refractivity contribution in [3.63, 3.8) is 0 Å². The van der Waals surface area contributed by atoms with Crippen LogP contribution in [0.25, 0.3) is 0 Å². The quantitative estimate of drug-likeness (QED) is 0.851. The summed E-state index contributed by atoms with van der Waals surface area (Å²) in [6.45, 7) is 4.61. The molecule has 0 saturated carbocycles. The lowest BCUT2D eigenvalue weighted by molar-refractivity contribution is 0.497. The number of nitrogens with one attached hydrogen (secondary N) is 1. The lowest BCUT2D eigenvalue weighted by Crippen LogP contribution is -2.25. The Morgan fingerprint density at radius 1 is 1.48 bits per heavy atom. The largest absolute Gasteiger partial charge is 0.310 e. The fourth-order valence-corrected chi connectivity index (χ4v) is 2.99. The standard InChI is InChI=1S/C15H18BrClFN3/c1-4-19-13(11-6-5-10(16)7-12(11)18)8-14-15(17)9(2)20-21(14)3/h5-7,13,19H,4,8H2,1-3H3. The van der Waals surface area contributed by atoms with Crippen molar-refractivity contribution in [3.8, 4) is 0 Å². The molecule has 3 nitrogen and oxygen atoms in total. The summed E-state index contributed by atoms with van der Waals surface area (Å²) < 4.78 is 16.7. The summed E-state index contributed by atoms with van der Waals surface area (Å²) in [6.07, 6.45) is 0.586. The minimum atomic E-state index is -0.231. The third kappa shape index (κ3) is 3.65. The summed E-state index contributed by atoms with van der Waals surface area (Å²) in [5, 5.41) is 8.28. The molecule has 1 atom stereocenters. The molecule has 0 bridgehead atoms. The van der Waals surface area contributed by atoms with E-state index in [0.29, 0.717) is 17.0 Å². The lowest BCUT2D eigenvalue weighted by Gasteiger charge is -2.19. The number of aryl methyl sites for hydroxylation is 2. The van der Waals surface area contributed by atoms with Gasteiger partial charge in [0, 0.05) is 29.5 Å². The molecule has 6 heteroatoms. The molecule has 0 radical (unpaired) electrons. The molecular weight excluding hydrogens is 357 g/mol. The zero-order valence-electron chi connectivity index (χ0n) is 12.3. The molecule has 1 aromatic carbocycles. The molecule has 1 aromatic heterocycles. The summed E-state index contributed by atoms with van der Waals surface area (Å²) in [4.78, 5) is 0. The first-order chi connectivity index (χ1) is 9.93. The smallest absolute Gasteiger partial charge is 0.129 e.